The number of piperidine rings is 1. The molecule has 0 aliphatic carbocycles. The van der Waals surface area contributed by atoms with E-state index in [1.54, 1.807) is 0 Å². The lowest BCUT2D eigenvalue weighted by Gasteiger charge is -2.33. The Labute approximate surface area is 133 Å². The maximum absolute atomic E-state index is 5.62. The van der Waals surface area contributed by atoms with Gasteiger partial charge in [0.25, 0.3) is 0 Å². The van der Waals surface area contributed by atoms with Crippen molar-refractivity contribution in [3.63, 3.8) is 0 Å². The van der Waals surface area contributed by atoms with Crippen molar-refractivity contribution in [3.05, 3.63) is 34.1 Å². The van der Waals surface area contributed by atoms with Gasteiger partial charge in [0.15, 0.2) is 0 Å². The second-order valence-corrected chi connectivity index (χ2v) is 6.67. The molecule has 1 aromatic heterocycles. The third-order valence-corrected chi connectivity index (χ3v) is 5.05. The topological polar surface area (TPSA) is 51.0 Å². The first kappa shape index (κ1) is 14.7. The molecule has 1 fully saturated rings. The highest BCUT2D eigenvalue weighted by Gasteiger charge is 2.37. The molecule has 1 aromatic carbocycles. The van der Waals surface area contributed by atoms with Gasteiger partial charge in [0.1, 0.15) is 0 Å². The molecular formula is C16H20BrN3O. The van der Waals surface area contributed by atoms with Gasteiger partial charge in [-0.25, -0.2) is 0 Å². The lowest BCUT2D eigenvalue weighted by Crippen LogP contribution is -2.43. The van der Waals surface area contributed by atoms with Gasteiger partial charge >= 0.3 is 0 Å². The first-order valence-electron chi connectivity index (χ1n) is 7.46. The Hall–Kier alpha value is -1.20. The molecule has 1 unspecified atom stereocenters. The molecule has 3 rings (SSSR count). The molecule has 2 aromatic rings. The minimum absolute atomic E-state index is 0.0132. The van der Waals surface area contributed by atoms with E-state index in [1.807, 2.05) is 6.07 Å². The SMILES string of the molecule is CCC1(c2nc(-c3ccc(C)cc3Br)no2)CCCNC1. The maximum Gasteiger partial charge on any atom is 0.234 e. The minimum Gasteiger partial charge on any atom is -0.338 e. The van der Waals surface area contributed by atoms with Crippen LogP contribution >= 0.6 is 15.9 Å². The second kappa shape index (κ2) is 5.89. The summed E-state index contributed by atoms with van der Waals surface area (Å²) in [6.07, 6.45) is 3.27. The summed E-state index contributed by atoms with van der Waals surface area (Å²) in [5, 5.41) is 7.66. The Bertz CT molecular complexity index is 632. The Morgan fingerprint density at radius 3 is 2.95 bits per heavy atom. The van der Waals surface area contributed by atoms with Crippen molar-refractivity contribution in [1.82, 2.24) is 15.5 Å². The quantitative estimate of drug-likeness (QED) is 0.914. The molecule has 1 aliphatic rings. The smallest absolute Gasteiger partial charge is 0.234 e. The van der Waals surface area contributed by atoms with E-state index in [0.29, 0.717) is 5.82 Å². The van der Waals surface area contributed by atoms with Crippen molar-refractivity contribution >= 4 is 15.9 Å². The zero-order valence-electron chi connectivity index (χ0n) is 12.4. The summed E-state index contributed by atoms with van der Waals surface area (Å²) in [7, 11) is 0. The molecule has 0 spiro atoms. The van der Waals surface area contributed by atoms with Gasteiger partial charge in [0.05, 0.1) is 5.41 Å². The predicted octanol–water partition coefficient (Wildman–Crippen LogP) is 3.84. The van der Waals surface area contributed by atoms with Crippen LogP contribution in [-0.4, -0.2) is 23.2 Å². The second-order valence-electron chi connectivity index (χ2n) is 5.82. The standard InChI is InChI=1S/C16H20BrN3O/c1-3-16(7-4-8-18-10-16)15-19-14(20-21-15)12-6-5-11(2)9-13(12)17/h5-6,9,18H,3-4,7-8,10H2,1-2H3. The van der Waals surface area contributed by atoms with Crippen molar-refractivity contribution in [2.24, 2.45) is 0 Å². The van der Waals surface area contributed by atoms with Gasteiger partial charge in [-0.1, -0.05) is 34.1 Å². The molecule has 1 saturated heterocycles. The summed E-state index contributed by atoms with van der Waals surface area (Å²) in [5.41, 5.74) is 2.17. The van der Waals surface area contributed by atoms with Gasteiger partial charge in [-0.2, -0.15) is 4.98 Å². The highest BCUT2D eigenvalue weighted by Crippen LogP contribution is 2.35. The van der Waals surface area contributed by atoms with E-state index in [1.165, 1.54) is 5.56 Å². The molecular weight excluding hydrogens is 330 g/mol. The van der Waals surface area contributed by atoms with Crippen LogP contribution < -0.4 is 5.32 Å². The number of aromatic nitrogens is 2. The molecule has 1 aliphatic heterocycles. The largest absolute Gasteiger partial charge is 0.338 e. The fourth-order valence-corrected chi connectivity index (χ4v) is 3.62. The fraction of sp³-hybridized carbons (Fsp3) is 0.500. The Morgan fingerprint density at radius 1 is 1.43 bits per heavy atom. The zero-order chi connectivity index (χ0) is 14.9. The maximum atomic E-state index is 5.62. The third kappa shape index (κ3) is 2.77. The van der Waals surface area contributed by atoms with E-state index in [4.69, 9.17) is 4.52 Å². The lowest BCUT2D eigenvalue weighted by atomic mass is 9.78. The normalized spacial score (nSPS) is 22.4. The van der Waals surface area contributed by atoms with Gasteiger partial charge < -0.3 is 9.84 Å². The first-order chi connectivity index (χ1) is 10.1. The van der Waals surface area contributed by atoms with E-state index in [2.05, 4.69) is 57.4 Å². The summed E-state index contributed by atoms with van der Waals surface area (Å²) in [6, 6.07) is 6.17. The third-order valence-electron chi connectivity index (χ3n) is 4.39. The molecule has 0 saturated carbocycles. The monoisotopic (exact) mass is 349 g/mol. The molecule has 5 heteroatoms. The molecule has 0 radical (unpaired) electrons. The van der Waals surface area contributed by atoms with E-state index >= 15 is 0 Å². The summed E-state index contributed by atoms with van der Waals surface area (Å²) < 4.78 is 6.62. The van der Waals surface area contributed by atoms with Crippen LogP contribution in [0.1, 0.15) is 37.6 Å². The van der Waals surface area contributed by atoms with E-state index in [9.17, 15) is 0 Å². The van der Waals surface area contributed by atoms with Crippen LogP contribution in [0.4, 0.5) is 0 Å². The Balaban J connectivity index is 1.95. The Morgan fingerprint density at radius 2 is 2.29 bits per heavy atom. The number of hydrogen-bond donors (Lipinski definition) is 1. The fourth-order valence-electron chi connectivity index (χ4n) is 2.95. The van der Waals surface area contributed by atoms with Crippen molar-refractivity contribution in [2.45, 2.75) is 38.5 Å². The molecule has 0 amide bonds. The molecule has 1 atom stereocenters. The van der Waals surface area contributed by atoms with E-state index in [0.717, 1.165) is 48.3 Å². The van der Waals surface area contributed by atoms with Crippen LogP contribution in [0.15, 0.2) is 27.2 Å². The number of aryl methyl sites for hydroxylation is 1. The van der Waals surface area contributed by atoms with E-state index < -0.39 is 0 Å². The van der Waals surface area contributed by atoms with Crippen LogP contribution in [0.2, 0.25) is 0 Å². The molecule has 2 heterocycles. The summed E-state index contributed by atoms with van der Waals surface area (Å²) >= 11 is 3.59. The Kier molecular flexibility index (Phi) is 4.13. The van der Waals surface area contributed by atoms with Crippen LogP contribution in [0.3, 0.4) is 0 Å². The molecule has 1 N–H and O–H groups in total. The molecule has 4 nitrogen and oxygen atoms in total. The average molecular weight is 350 g/mol. The highest BCUT2D eigenvalue weighted by atomic mass is 79.9. The van der Waals surface area contributed by atoms with Gasteiger partial charge in [-0.15, -0.1) is 0 Å². The highest BCUT2D eigenvalue weighted by molar-refractivity contribution is 9.10. The number of hydrogen-bond acceptors (Lipinski definition) is 4. The van der Waals surface area contributed by atoms with Gasteiger partial charge in [0, 0.05) is 16.6 Å². The number of nitrogens with zero attached hydrogens (tertiary/aromatic N) is 2. The van der Waals surface area contributed by atoms with Gasteiger partial charge in [0.2, 0.25) is 11.7 Å². The molecule has 112 valence electrons. The van der Waals surface area contributed by atoms with Crippen LogP contribution in [0.25, 0.3) is 11.4 Å². The summed E-state index contributed by atoms with van der Waals surface area (Å²) in [5.74, 6) is 1.43. The number of rotatable bonds is 3. The van der Waals surface area contributed by atoms with Crippen molar-refractivity contribution < 1.29 is 4.52 Å². The lowest BCUT2D eigenvalue weighted by molar-refractivity contribution is 0.221. The molecule has 21 heavy (non-hydrogen) atoms. The van der Waals surface area contributed by atoms with Crippen LogP contribution in [0.5, 0.6) is 0 Å². The summed E-state index contributed by atoms with van der Waals surface area (Å²) in [6.45, 7) is 6.25. The van der Waals surface area contributed by atoms with Crippen molar-refractivity contribution in [1.29, 1.82) is 0 Å². The van der Waals surface area contributed by atoms with Crippen LogP contribution in [0, 0.1) is 6.92 Å². The predicted molar refractivity (Wildman–Crippen MR) is 86.2 cm³/mol. The van der Waals surface area contributed by atoms with Gasteiger partial charge in [-0.05, 0) is 50.4 Å². The summed E-state index contributed by atoms with van der Waals surface area (Å²) in [4.78, 5) is 4.69. The zero-order valence-corrected chi connectivity index (χ0v) is 14.0. The van der Waals surface area contributed by atoms with Crippen molar-refractivity contribution in [3.8, 4) is 11.4 Å². The number of nitrogens with one attached hydrogen (secondary N) is 1. The minimum atomic E-state index is -0.0132. The number of benzene rings is 1. The van der Waals surface area contributed by atoms with Crippen LogP contribution in [-0.2, 0) is 5.41 Å². The average Bonchev–Trinajstić information content (AvgIpc) is 2.98. The first-order valence-corrected chi connectivity index (χ1v) is 8.25. The number of halogens is 1. The molecule has 0 bridgehead atoms. The van der Waals surface area contributed by atoms with Crippen molar-refractivity contribution in [2.75, 3.05) is 13.1 Å². The van der Waals surface area contributed by atoms with Gasteiger partial charge in [-0.3, -0.25) is 0 Å². The van der Waals surface area contributed by atoms with E-state index in [-0.39, 0.29) is 5.41 Å².